The van der Waals surface area contributed by atoms with Crippen LogP contribution in [0.3, 0.4) is 0 Å². The lowest BCUT2D eigenvalue weighted by molar-refractivity contribution is -0.0674. The highest BCUT2D eigenvalue weighted by Gasteiger charge is 2.54. The molecule has 0 bridgehead atoms. The molecule has 3 rings (SSSR count). The number of hydrogen-bond donors (Lipinski definition) is 1. The number of aliphatic imine (C=N–C) groups is 1. The Kier molecular flexibility index (Phi) is 3.11. The van der Waals surface area contributed by atoms with E-state index in [2.05, 4.69) is 42.9 Å². The van der Waals surface area contributed by atoms with E-state index in [9.17, 15) is 0 Å². The average molecular weight is 277 g/mol. The van der Waals surface area contributed by atoms with Crippen LogP contribution >= 0.6 is 0 Å². The SMILES string of the molecule is CN=C(NCC1(C2CC2)CCC1)N1CC(C)(C)C1(C)C. The Labute approximate surface area is 124 Å². The molecule has 3 heteroatoms. The smallest absolute Gasteiger partial charge is 0.194 e. The maximum Gasteiger partial charge on any atom is 0.194 e. The maximum atomic E-state index is 4.54. The summed E-state index contributed by atoms with van der Waals surface area (Å²) in [5, 5.41) is 3.70. The zero-order valence-electron chi connectivity index (χ0n) is 13.9. The first-order valence-electron chi connectivity index (χ1n) is 8.31. The third-order valence-electron chi connectivity index (χ3n) is 6.74. The highest BCUT2D eigenvalue weighted by molar-refractivity contribution is 5.82. The van der Waals surface area contributed by atoms with Gasteiger partial charge in [-0.3, -0.25) is 4.99 Å². The number of rotatable bonds is 3. The number of nitrogens with zero attached hydrogens (tertiary/aromatic N) is 2. The minimum atomic E-state index is 0.196. The average Bonchev–Trinajstić information content (AvgIpc) is 3.15. The summed E-state index contributed by atoms with van der Waals surface area (Å²) in [5.41, 5.74) is 1.18. The lowest BCUT2D eigenvalue weighted by Gasteiger charge is -2.62. The minimum Gasteiger partial charge on any atom is -0.356 e. The molecule has 1 N–H and O–H groups in total. The Morgan fingerprint density at radius 3 is 2.20 bits per heavy atom. The van der Waals surface area contributed by atoms with Gasteiger partial charge in [0, 0.05) is 31.1 Å². The van der Waals surface area contributed by atoms with Crippen molar-refractivity contribution >= 4 is 5.96 Å². The Balaban J connectivity index is 1.61. The molecule has 0 aromatic rings. The third-order valence-corrected chi connectivity index (χ3v) is 6.74. The zero-order chi connectivity index (χ0) is 14.6. The fourth-order valence-corrected chi connectivity index (χ4v) is 4.01. The number of guanidine groups is 1. The van der Waals surface area contributed by atoms with Gasteiger partial charge in [-0.1, -0.05) is 20.3 Å². The van der Waals surface area contributed by atoms with E-state index in [0.29, 0.717) is 10.8 Å². The van der Waals surface area contributed by atoms with Gasteiger partial charge in [0.25, 0.3) is 0 Å². The highest BCUT2D eigenvalue weighted by Crippen LogP contribution is 2.56. The second-order valence-electron chi connectivity index (χ2n) is 8.42. The Hall–Kier alpha value is -0.730. The number of likely N-dealkylation sites (tertiary alicyclic amines) is 1. The molecule has 1 saturated heterocycles. The molecule has 2 aliphatic carbocycles. The van der Waals surface area contributed by atoms with Crippen molar-refractivity contribution < 1.29 is 0 Å². The first-order chi connectivity index (χ1) is 9.32. The topological polar surface area (TPSA) is 27.6 Å². The summed E-state index contributed by atoms with van der Waals surface area (Å²) in [6, 6.07) is 0. The van der Waals surface area contributed by atoms with Gasteiger partial charge in [-0.25, -0.2) is 0 Å². The van der Waals surface area contributed by atoms with Crippen LogP contribution in [0.15, 0.2) is 4.99 Å². The van der Waals surface area contributed by atoms with Gasteiger partial charge in [0.1, 0.15) is 0 Å². The van der Waals surface area contributed by atoms with Gasteiger partial charge < -0.3 is 10.2 Å². The monoisotopic (exact) mass is 277 g/mol. The van der Waals surface area contributed by atoms with Crippen molar-refractivity contribution in [3.8, 4) is 0 Å². The summed E-state index contributed by atoms with van der Waals surface area (Å²) in [5.74, 6) is 2.11. The van der Waals surface area contributed by atoms with E-state index in [1.54, 1.807) is 0 Å². The molecule has 1 heterocycles. The normalized spacial score (nSPS) is 30.4. The van der Waals surface area contributed by atoms with Crippen LogP contribution in [0, 0.1) is 16.7 Å². The first kappa shape index (κ1) is 14.2. The predicted molar refractivity (Wildman–Crippen MR) is 84.9 cm³/mol. The van der Waals surface area contributed by atoms with Crippen LogP contribution in [0.25, 0.3) is 0 Å². The first-order valence-corrected chi connectivity index (χ1v) is 8.31. The van der Waals surface area contributed by atoms with E-state index in [-0.39, 0.29) is 5.54 Å². The molecule has 0 amide bonds. The van der Waals surface area contributed by atoms with Crippen molar-refractivity contribution in [2.45, 2.75) is 65.3 Å². The van der Waals surface area contributed by atoms with Gasteiger partial charge in [-0.2, -0.15) is 0 Å². The summed E-state index contributed by atoms with van der Waals surface area (Å²) in [7, 11) is 1.92. The summed E-state index contributed by atoms with van der Waals surface area (Å²) in [6.07, 6.45) is 7.21. The number of nitrogens with one attached hydrogen (secondary N) is 1. The molecule has 0 radical (unpaired) electrons. The third kappa shape index (κ3) is 1.96. The molecule has 3 fully saturated rings. The van der Waals surface area contributed by atoms with Crippen LogP contribution in [0.5, 0.6) is 0 Å². The van der Waals surface area contributed by atoms with Gasteiger partial charge in [0.15, 0.2) is 5.96 Å². The van der Waals surface area contributed by atoms with E-state index in [1.807, 2.05) is 7.05 Å². The van der Waals surface area contributed by atoms with Crippen LogP contribution in [0.1, 0.15) is 59.8 Å². The summed E-state index contributed by atoms with van der Waals surface area (Å²) in [6.45, 7) is 11.6. The number of hydrogen-bond acceptors (Lipinski definition) is 1. The molecule has 0 atom stereocenters. The molecule has 3 nitrogen and oxygen atoms in total. The molecule has 0 spiro atoms. The lowest BCUT2D eigenvalue weighted by atomic mass is 9.64. The van der Waals surface area contributed by atoms with Gasteiger partial charge in [0.2, 0.25) is 0 Å². The molecule has 1 aliphatic heterocycles. The second-order valence-corrected chi connectivity index (χ2v) is 8.42. The van der Waals surface area contributed by atoms with Crippen molar-refractivity contribution in [2.24, 2.45) is 21.7 Å². The molecule has 0 aromatic heterocycles. The maximum absolute atomic E-state index is 4.54. The summed E-state index contributed by atoms with van der Waals surface area (Å²) >= 11 is 0. The molecule has 2 saturated carbocycles. The largest absolute Gasteiger partial charge is 0.356 e. The molecule has 0 unspecified atom stereocenters. The highest BCUT2D eigenvalue weighted by atomic mass is 15.4. The van der Waals surface area contributed by atoms with Crippen LogP contribution in [-0.2, 0) is 0 Å². The molecular weight excluding hydrogens is 246 g/mol. The van der Waals surface area contributed by atoms with Crippen molar-refractivity contribution in [1.82, 2.24) is 10.2 Å². The van der Waals surface area contributed by atoms with Gasteiger partial charge in [0.05, 0.1) is 0 Å². The zero-order valence-corrected chi connectivity index (χ0v) is 13.9. The van der Waals surface area contributed by atoms with Crippen molar-refractivity contribution in [1.29, 1.82) is 0 Å². The van der Waals surface area contributed by atoms with Crippen LogP contribution in [0.2, 0.25) is 0 Å². The fourth-order valence-electron chi connectivity index (χ4n) is 4.01. The van der Waals surface area contributed by atoms with Crippen LogP contribution in [0.4, 0.5) is 0 Å². The second kappa shape index (κ2) is 4.38. The van der Waals surface area contributed by atoms with Gasteiger partial charge in [-0.05, 0) is 50.9 Å². The summed E-state index contributed by atoms with van der Waals surface area (Å²) < 4.78 is 0. The van der Waals surface area contributed by atoms with Gasteiger partial charge in [-0.15, -0.1) is 0 Å². The standard InChI is InChI=1S/C17H31N3/c1-15(2)12-20(16(15,3)4)14(18-5)19-11-17(9-6-10-17)13-7-8-13/h13H,6-12H2,1-5H3,(H,18,19). The molecule has 0 aromatic carbocycles. The van der Waals surface area contributed by atoms with Crippen molar-refractivity contribution in [3.05, 3.63) is 0 Å². The molecule has 20 heavy (non-hydrogen) atoms. The Bertz CT molecular complexity index is 414. The van der Waals surface area contributed by atoms with Crippen molar-refractivity contribution in [2.75, 3.05) is 20.1 Å². The minimum absolute atomic E-state index is 0.196. The van der Waals surface area contributed by atoms with Crippen LogP contribution < -0.4 is 5.32 Å². The van der Waals surface area contributed by atoms with E-state index < -0.39 is 0 Å². The fraction of sp³-hybridized carbons (Fsp3) is 0.941. The molecule has 3 aliphatic rings. The van der Waals surface area contributed by atoms with Crippen LogP contribution in [-0.4, -0.2) is 36.5 Å². The quantitative estimate of drug-likeness (QED) is 0.633. The Morgan fingerprint density at radius 1 is 1.20 bits per heavy atom. The van der Waals surface area contributed by atoms with E-state index in [4.69, 9.17) is 0 Å². The lowest BCUT2D eigenvalue weighted by Crippen LogP contribution is -2.72. The van der Waals surface area contributed by atoms with Gasteiger partial charge >= 0.3 is 0 Å². The molecule has 114 valence electrons. The Morgan fingerprint density at radius 2 is 1.85 bits per heavy atom. The summed E-state index contributed by atoms with van der Waals surface area (Å²) in [4.78, 5) is 6.99. The van der Waals surface area contributed by atoms with E-state index >= 15 is 0 Å². The van der Waals surface area contributed by atoms with Crippen molar-refractivity contribution in [3.63, 3.8) is 0 Å². The predicted octanol–water partition coefficient (Wildman–Crippen LogP) is 3.26. The van der Waals surface area contributed by atoms with E-state index in [0.717, 1.165) is 25.0 Å². The molecular formula is C17H31N3. The van der Waals surface area contributed by atoms with E-state index in [1.165, 1.54) is 32.1 Å².